The van der Waals surface area contributed by atoms with E-state index in [1.165, 1.54) is 0 Å². The van der Waals surface area contributed by atoms with Crippen LogP contribution in [0.1, 0.15) is 60.7 Å². The number of rotatable bonds is 12. The van der Waals surface area contributed by atoms with Crippen molar-refractivity contribution in [2.24, 2.45) is 18.9 Å². The van der Waals surface area contributed by atoms with Crippen LogP contribution in [0.15, 0.2) is 67.3 Å². The molecule has 1 atom stereocenters. The summed E-state index contributed by atoms with van der Waals surface area (Å²) in [7, 11) is 1.89. The largest absolute Gasteiger partial charge is 0.396 e. The summed E-state index contributed by atoms with van der Waals surface area (Å²) in [6, 6.07) is 16.1. The Labute approximate surface area is 252 Å². The Kier molecular flexibility index (Phi) is 10.1. The predicted octanol–water partition coefficient (Wildman–Crippen LogP) is 4.39. The Balaban J connectivity index is 1.27. The summed E-state index contributed by atoms with van der Waals surface area (Å²) in [5.41, 5.74) is 4.21. The van der Waals surface area contributed by atoms with Gasteiger partial charge in [0.15, 0.2) is 0 Å². The first-order chi connectivity index (χ1) is 21.0. The lowest BCUT2D eigenvalue weighted by Crippen LogP contribution is -2.35. The predicted molar refractivity (Wildman–Crippen MR) is 164 cm³/mol. The second kappa shape index (κ2) is 14.5. The van der Waals surface area contributed by atoms with Gasteiger partial charge in [-0.15, -0.1) is 0 Å². The van der Waals surface area contributed by atoms with Crippen molar-refractivity contribution >= 4 is 11.7 Å². The average Bonchev–Trinajstić information content (AvgIpc) is 3.48. The van der Waals surface area contributed by atoms with Crippen LogP contribution in [-0.4, -0.2) is 48.9 Å². The first-order valence-electron chi connectivity index (χ1n) is 14.9. The molecule has 1 aromatic carbocycles. The first-order valence-corrected chi connectivity index (χ1v) is 14.9. The van der Waals surface area contributed by atoms with Crippen molar-refractivity contribution in [1.29, 1.82) is 5.26 Å². The van der Waals surface area contributed by atoms with Crippen molar-refractivity contribution in [1.82, 2.24) is 30.0 Å². The zero-order valence-corrected chi connectivity index (χ0v) is 24.5. The molecule has 0 radical (unpaired) electrons. The van der Waals surface area contributed by atoms with Crippen LogP contribution < -0.4 is 10.6 Å². The van der Waals surface area contributed by atoms with Crippen LogP contribution in [0.4, 0.5) is 5.82 Å². The number of nitrogens with one attached hydrogen (secondary N) is 2. The summed E-state index contributed by atoms with van der Waals surface area (Å²) >= 11 is 0. The van der Waals surface area contributed by atoms with Crippen LogP contribution in [0.3, 0.4) is 0 Å². The van der Waals surface area contributed by atoms with E-state index in [1.807, 2.05) is 68.1 Å². The summed E-state index contributed by atoms with van der Waals surface area (Å²) in [5.74, 6) is 1.44. The number of pyridine rings is 1. The van der Waals surface area contributed by atoms with Crippen molar-refractivity contribution in [2.75, 3.05) is 18.5 Å². The fourth-order valence-corrected chi connectivity index (χ4v) is 5.82. The number of hydrogen-bond donors (Lipinski definition) is 3. The van der Waals surface area contributed by atoms with Gasteiger partial charge in [-0.2, -0.15) is 10.4 Å². The minimum atomic E-state index is -0.346. The maximum Gasteiger partial charge on any atom is 0.229 e. The standard InChI is InChI=1S/C33H38N8O2/c1-41-22-28(21-39-41)26-12-13-29(36-19-26)31(33(43)38-18-24-6-3-2-4-7-24)25-10-8-23(9-11-25)16-30-37-20-27(17-34)32(40-30)35-14-5-15-42/h2-4,6-7,12-13,19-23,25,31,42H,5,8-11,14-16,18H2,1H3,(H,38,43)(H,35,37,40). The summed E-state index contributed by atoms with van der Waals surface area (Å²) < 4.78 is 1.76. The van der Waals surface area contributed by atoms with Crippen molar-refractivity contribution in [2.45, 2.75) is 51.0 Å². The Morgan fingerprint density at radius 2 is 1.88 bits per heavy atom. The zero-order valence-electron chi connectivity index (χ0n) is 24.5. The van der Waals surface area contributed by atoms with Gasteiger partial charge in [-0.1, -0.05) is 36.4 Å². The Bertz CT molecular complexity index is 1520. The smallest absolute Gasteiger partial charge is 0.229 e. The number of nitrogens with zero attached hydrogens (tertiary/aromatic N) is 6. The van der Waals surface area contributed by atoms with Crippen molar-refractivity contribution in [3.05, 3.63) is 89.9 Å². The van der Waals surface area contributed by atoms with E-state index in [0.717, 1.165) is 54.5 Å². The number of benzene rings is 1. The number of aryl methyl sites for hydroxylation is 1. The van der Waals surface area contributed by atoms with E-state index in [4.69, 9.17) is 10.1 Å². The lowest BCUT2D eigenvalue weighted by Gasteiger charge is -2.33. The van der Waals surface area contributed by atoms with Crippen LogP contribution in [0, 0.1) is 23.2 Å². The maximum absolute atomic E-state index is 13.7. The molecule has 0 bridgehead atoms. The van der Waals surface area contributed by atoms with E-state index in [0.29, 0.717) is 42.6 Å². The van der Waals surface area contributed by atoms with Gasteiger partial charge in [0, 0.05) is 56.7 Å². The van der Waals surface area contributed by atoms with Gasteiger partial charge in [0.1, 0.15) is 23.3 Å². The Morgan fingerprint density at radius 1 is 1.07 bits per heavy atom. The summed E-state index contributed by atoms with van der Waals surface area (Å²) in [5, 5.41) is 29.1. The highest BCUT2D eigenvalue weighted by Crippen LogP contribution is 2.39. The monoisotopic (exact) mass is 578 g/mol. The SMILES string of the molecule is Cn1cc(-c2ccc(C(C(=O)NCc3ccccc3)C3CCC(Cc4ncc(C#N)c(NCCCO)n4)CC3)nc2)cn1. The molecule has 10 nitrogen and oxygen atoms in total. The lowest BCUT2D eigenvalue weighted by molar-refractivity contribution is -0.124. The molecule has 0 spiro atoms. The Morgan fingerprint density at radius 3 is 2.56 bits per heavy atom. The van der Waals surface area contributed by atoms with Gasteiger partial charge in [0.2, 0.25) is 5.91 Å². The number of aromatic nitrogens is 5. The van der Waals surface area contributed by atoms with Crippen LogP contribution in [0.25, 0.3) is 11.1 Å². The van der Waals surface area contributed by atoms with Gasteiger partial charge in [-0.25, -0.2) is 9.97 Å². The maximum atomic E-state index is 13.7. The molecule has 3 N–H and O–H groups in total. The van der Waals surface area contributed by atoms with Crippen molar-refractivity contribution < 1.29 is 9.90 Å². The number of hydrogen-bond acceptors (Lipinski definition) is 8. The molecule has 1 unspecified atom stereocenters. The number of nitriles is 1. The molecule has 1 aliphatic carbocycles. The number of amides is 1. The lowest BCUT2D eigenvalue weighted by atomic mass is 9.73. The summed E-state index contributed by atoms with van der Waals surface area (Å²) in [6.07, 6.45) is 12.2. The van der Waals surface area contributed by atoms with Gasteiger partial charge in [-0.05, 0) is 55.6 Å². The van der Waals surface area contributed by atoms with E-state index in [2.05, 4.69) is 31.8 Å². The molecule has 43 heavy (non-hydrogen) atoms. The number of aliphatic hydroxyl groups is 1. The van der Waals surface area contributed by atoms with Gasteiger partial charge < -0.3 is 15.7 Å². The highest BCUT2D eigenvalue weighted by molar-refractivity contribution is 5.83. The van der Waals surface area contributed by atoms with E-state index >= 15 is 0 Å². The summed E-state index contributed by atoms with van der Waals surface area (Å²) in [6.45, 7) is 1.09. The van der Waals surface area contributed by atoms with Crippen LogP contribution in [0.5, 0.6) is 0 Å². The second-order valence-corrected chi connectivity index (χ2v) is 11.2. The molecule has 10 heteroatoms. The van der Waals surface area contributed by atoms with Gasteiger partial charge in [0.25, 0.3) is 0 Å². The molecule has 0 saturated heterocycles. The third-order valence-corrected chi connectivity index (χ3v) is 8.16. The average molecular weight is 579 g/mol. The molecule has 0 aliphatic heterocycles. The van der Waals surface area contributed by atoms with Gasteiger partial charge in [0.05, 0.1) is 24.0 Å². The number of carbonyl (C=O) groups excluding carboxylic acids is 1. The van der Waals surface area contributed by atoms with Gasteiger partial charge in [-0.3, -0.25) is 14.5 Å². The second-order valence-electron chi connectivity index (χ2n) is 11.2. The fourth-order valence-electron chi connectivity index (χ4n) is 5.82. The van der Waals surface area contributed by atoms with E-state index in [-0.39, 0.29) is 24.3 Å². The molecule has 1 amide bonds. The van der Waals surface area contributed by atoms with Crippen molar-refractivity contribution in [3.63, 3.8) is 0 Å². The highest BCUT2D eigenvalue weighted by Gasteiger charge is 2.34. The fraction of sp³-hybridized carbons (Fsp3) is 0.394. The van der Waals surface area contributed by atoms with Crippen molar-refractivity contribution in [3.8, 4) is 17.2 Å². The summed E-state index contributed by atoms with van der Waals surface area (Å²) in [4.78, 5) is 27.6. The quantitative estimate of drug-likeness (QED) is 0.210. The minimum Gasteiger partial charge on any atom is -0.396 e. The zero-order chi connectivity index (χ0) is 30.0. The number of carbonyl (C=O) groups is 1. The molecule has 1 fully saturated rings. The highest BCUT2D eigenvalue weighted by atomic mass is 16.3. The van der Waals surface area contributed by atoms with Crippen LogP contribution in [0.2, 0.25) is 0 Å². The molecule has 5 rings (SSSR count). The minimum absolute atomic E-state index is 0.00273. The third-order valence-electron chi connectivity index (χ3n) is 8.16. The molecule has 4 aromatic rings. The number of aliphatic hydroxyl groups excluding tert-OH is 1. The molecule has 3 aromatic heterocycles. The topological polar surface area (TPSA) is 142 Å². The molecule has 3 heterocycles. The van der Waals surface area contributed by atoms with Gasteiger partial charge >= 0.3 is 0 Å². The Hall–Kier alpha value is -4.62. The van der Waals surface area contributed by atoms with E-state index in [1.54, 1.807) is 10.9 Å². The molecular formula is C33H38N8O2. The van der Waals surface area contributed by atoms with Crippen LogP contribution >= 0.6 is 0 Å². The van der Waals surface area contributed by atoms with E-state index < -0.39 is 0 Å². The third kappa shape index (κ3) is 7.81. The molecular weight excluding hydrogens is 540 g/mol. The first kappa shape index (κ1) is 29.9. The van der Waals surface area contributed by atoms with E-state index in [9.17, 15) is 10.1 Å². The molecule has 1 saturated carbocycles. The molecule has 1 aliphatic rings. The molecule has 222 valence electrons. The number of anilines is 1. The van der Waals surface area contributed by atoms with Crippen LogP contribution in [-0.2, 0) is 24.8 Å². The normalized spacial score (nSPS) is 17.1.